The zero-order valence-electron chi connectivity index (χ0n) is 25.3. The van der Waals surface area contributed by atoms with Crippen molar-refractivity contribution in [3.05, 3.63) is 47.1 Å². The zero-order chi connectivity index (χ0) is 33.2. The minimum absolute atomic E-state index is 0.0132. The summed E-state index contributed by atoms with van der Waals surface area (Å²) in [6.45, 7) is 1.06. The van der Waals surface area contributed by atoms with Gasteiger partial charge < -0.3 is 31.7 Å². The molecule has 1 aromatic carbocycles. The van der Waals surface area contributed by atoms with Crippen molar-refractivity contribution >= 4 is 44.9 Å². The van der Waals surface area contributed by atoms with Gasteiger partial charge in [-0.05, 0) is 62.1 Å². The number of alkyl halides is 2. The van der Waals surface area contributed by atoms with Gasteiger partial charge in [-0.25, -0.2) is 22.2 Å². The monoisotopic (exact) mass is 683 g/mol. The third kappa shape index (κ3) is 7.44. The number of rotatable bonds is 10. The van der Waals surface area contributed by atoms with Crippen molar-refractivity contribution in [2.24, 2.45) is 23.3 Å². The Bertz CT molecular complexity index is 1520. The second kappa shape index (κ2) is 14.0. The number of anilines is 2. The first-order valence-electron chi connectivity index (χ1n) is 15.4. The van der Waals surface area contributed by atoms with Gasteiger partial charge in [0.25, 0.3) is 5.92 Å². The van der Waals surface area contributed by atoms with Crippen molar-refractivity contribution in [3.63, 3.8) is 0 Å². The average molecular weight is 684 g/mol. The van der Waals surface area contributed by atoms with Crippen LogP contribution in [0.2, 0.25) is 5.15 Å². The topological polar surface area (TPSA) is 175 Å². The highest BCUT2D eigenvalue weighted by Gasteiger charge is 2.44. The fraction of sp³-hybridized carbons (Fsp3) is 0.567. The first kappa shape index (κ1) is 34.4. The molecule has 3 heterocycles. The van der Waals surface area contributed by atoms with Gasteiger partial charge in [-0.15, -0.1) is 0 Å². The molecule has 2 aliphatic heterocycles. The van der Waals surface area contributed by atoms with Crippen LogP contribution in [0.25, 0.3) is 0 Å². The number of aliphatic hydroxyl groups is 1. The summed E-state index contributed by atoms with van der Waals surface area (Å²) >= 11 is 6.22. The Balaban J connectivity index is 1.20. The Morgan fingerprint density at radius 2 is 1.76 bits per heavy atom. The summed E-state index contributed by atoms with van der Waals surface area (Å²) in [5.41, 5.74) is 11.5. The van der Waals surface area contributed by atoms with Gasteiger partial charge in [0.2, 0.25) is 21.8 Å². The number of carbonyl (C=O) groups excluding carboxylic acids is 2. The molecule has 2 amide bonds. The van der Waals surface area contributed by atoms with Crippen LogP contribution in [0.3, 0.4) is 0 Å². The van der Waals surface area contributed by atoms with Gasteiger partial charge in [-0.3, -0.25) is 9.59 Å². The minimum atomic E-state index is -3.84. The molecule has 1 aliphatic carbocycles. The summed E-state index contributed by atoms with van der Waals surface area (Å²) in [6, 6.07) is 8.32. The predicted molar refractivity (Wildman–Crippen MR) is 169 cm³/mol. The molecule has 12 nitrogen and oxygen atoms in total. The molecule has 2 saturated heterocycles. The number of aliphatic hydroxyl groups excluding tert-OH is 1. The highest BCUT2D eigenvalue weighted by atomic mass is 35.5. The minimum Gasteiger partial charge on any atom is -0.390 e. The van der Waals surface area contributed by atoms with Crippen LogP contribution >= 0.6 is 11.6 Å². The molecule has 1 unspecified atom stereocenters. The molecule has 6 N–H and O–H groups in total. The lowest BCUT2D eigenvalue weighted by Gasteiger charge is -2.36. The number of halogens is 3. The summed E-state index contributed by atoms with van der Waals surface area (Å²) in [7, 11) is -3.84. The second-order valence-electron chi connectivity index (χ2n) is 12.2. The normalized spacial score (nSPS) is 23.9. The van der Waals surface area contributed by atoms with Crippen molar-refractivity contribution in [1.29, 1.82) is 0 Å². The number of piperazine rings is 1. The molecular weight excluding hydrogens is 644 g/mol. The van der Waals surface area contributed by atoms with Gasteiger partial charge in [0.1, 0.15) is 11.0 Å². The lowest BCUT2D eigenvalue weighted by atomic mass is 9.77. The SMILES string of the molecule is NCC(O)CNC(=O)[C@H]1CC[C@H](C(F)(F)c2cc(Cl)nc(N3CCN(S(=O)(=O)c4ccc(N5C[C@H](N)CC5=O)cc4)CC3)c2)CC1. The van der Waals surface area contributed by atoms with Crippen LogP contribution < -0.4 is 26.6 Å². The molecule has 3 fully saturated rings. The fourth-order valence-electron chi connectivity index (χ4n) is 6.33. The van der Waals surface area contributed by atoms with Crippen molar-refractivity contribution in [2.45, 2.75) is 55.1 Å². The molecule has 1 saturated carbocycles. The zero-order valence-corrected chi connectivity index (χ0v) is 26.9. The maximum Gasteiger partial charge on any atom is 0.276 e. The molecule has 3 aliphatic rings. The third-order valence-corrected chi connectivity index (χ3v) is 11.2. The lowest BCUT2D eigenvalue weighted by molar-refractivity contribution is -0.129. The number of nitrogens with one attached hydrogen (secondary N) is 1. The molecule has 252 valence electrons. The average Bonchev–Trinajstić information content (AvgIpc) is 3.40. The van der Waals surface area contributed by atoms with Crippen molar-refractivity contribution in [1.82, 2.24) is 14.6 Å². The van der Waals surface area contributed by atoms with E-state index < -0.39 is 33.9 Å². The number of benzene rings is 1. The molecule has 2 aromatic rings. The molecule has 0 spiro atoms. The van der Waals surface area contributed by atoms with E-state index in [0.29, 0.717) is 25.1 Å². The van der Waals surface area contributed by atoms with Crippen LogP contribution in [0.15, 0.2) is 41.3 Å². The third-order valence-electron chi connectivity index (χ3n) is 9.06. The first-order chi connectivity index (χ1) is 21.8. The molecule has 0 bridgehead atoms. The molecule has 1 aromatic heterocycles. The van der Waals surface area contributed by atoms with E-state index in [9.17, 15) is 23.1 Å². The molecule has 2 atom stereocenters. The number of carbonyl (C=O) groups is 2. The van der Waals surface area contributed by atoms with E-state index in [-0.39, 0.29) is 97.8 Å². The molecular formula is C30H40ClF2N7O5S. The van der Waals surface area contributed by atoms with E-state index in [4.69, 9.17) is 23.1 Å². The Labute approximate surface area is 272 Å². The second-order valence-corrected chi connectivity index (χ2v) is 14.5. The van der Waals surface area contributed by atoms with Crippen LogP contribution in [0, 0.1) is 11.8 Å². The number of sulfonamides is 1. The Kier molecular flexibility index (Phi) is 10.5. The fourth-order valence-corrected chi connectivity index (χ4v) is 7.95. The largest absolute Gasteiger partial charge is 0.390 e. The Hall–Kier alpha value is -2.95. The highest BCUT2D eigenvalue weighted by Crippen LogP contribution is 2.46. The van der Waals surface area contributed by atoms with Crippen molar-refractivity contribution < 1.29 is 31.9 Å². The van der Waals surface area contributed by atoms with Gasteiger partial charge in [0.05, 0.1) is 11.0 Å². The van der Waals surface area contributed by atoms with Crippen LogP contribution in [0.5, 0.6) is 0 Å². The standard InChI is InChI=1S/C30H40ClF2N7O5S/c31-26-13-21(30(32,33)20-3-1-19(2-4-20)29(43)36-17-24(41)16-34)14-27(37-26)38-9-11-39(12-10-38)46(44,45)25-7-5-23(6-8-25)40-18-22(35)15-28(40)42/h5-8,13-14,19-20,22,24,41H,1-4,9-12,15-18,34-35H2,(H,36,43)/t19-,20-,22-,24?/m1/s1. The number of hydrogen-bond donors (Lipinski definition) is 4. The number of amides is 2. The van der Waals surface area contributed by atoms with Crippen LogP contribution in [-0.4, -0.2) is 92.6 Å². The summed E-state index contributed by atoms with van der Waals surface area (Å²) in [6.07, 6.45) is 0.253. The van der Waals surface area contributed by atoms with E-state index >= 15 is 8.78 Å². The first-order valence-corrected chi connectivity index (χ1v) is 17.2. The quantitative estimate of drug-likeness (QED) is 0.272. The number of aromatic nitrogens is 1. The summed E-state index contributed by atoms with van der Waals surface area (Å²) in [4.78, 5) is 32.2. The van der Waals surface area contributed by atoms with Gasteiger partial charge in [-0.2, -0.15) is 4.31 Å². The highest BCUT2D eigenvalue weighted by molar-refractivity contribution is 7.89. The van der Waals surface area contributed by atoms with Gasteiger partial charge >= 0.3 is 0 Å². The number of pyridine rings is 1. The molecule has 5 rings (SSSR count). The lowest BCUT2D eigenvalue weighted by Crippen LogP contribution is -2.49. The molecule has 16 heteroatoms. The summed E-state index contributed by atoms with van der Waals surface area (Å²) < 4.78 is 59.7. The number of hydrogen-bond acceptors (Lipinski definition) is 9. The van der Waals surface area contributed by atoms with E-state index in [2.05, 4.69) is 10.3 Å². The van der Waals surface area contributed by atoms with E-state index in [0.717, 1.165) is 6.07 Å². The Morgan fingerprint density at radius 1 is 1.11 bits per heavy atom. The van der Waals surface area contributed by atoms with Crippen LogP contribution in [-0.2, 0) is 25.5 Å². The van der Waals surface area contributed by atoms with E-state index in [1.165, 1.54) is 27.4 Å². The number of nitrogens with zero attached hydrogens (tertiary/aromatic N) is 4. The summed E-state index contributed by atoms with van der Waals surface area (Å²) in [5, 5.41) is 12.1. The smallest absolute Gasteiger partial charge is 0.276 e. The predicted octanol–water partition coefficient (Wildman–Crippen LogP) is 1.64. The number of nitrogens with two attached hydrogens (primary N) is 2. The molecule has 0 radical (unpaired) electrons. The van der Waals surface area contributed by atoms with Gasteiger partial charge in [0, 0.05) is 81.4 Å². The van der Waals surface area contributed by atoms with Crippen LogP contribution in [0.1, 0.15) is 37.7 Å². The molecule has 46 heavy (non-hydrogen) atoms. The van der Waals surface area contributed by atoms with Gasteiger partial charge in [-0.1, -0.05) is 11.6 Å². The maximum atomic E-state index is 15.8. The van der Waals surface area contributed by atoms with Crippen molar-refractivity contribution in [3.8, 4) is 0 Å². The van der Waals surface area contributed by atoms with Crippen molar-refractivity contribution in [2.75, 3.05) is 55.6 Å². The van der Waals surface area contributed by atoms with E-state index in [1.54, 1.807) is 17.0 Å². The maximum absolute atomic E-state index is 15.8. The van der Waals surface area contributed by atoms with Crippen LogP contribution in [0.4, 0.5) is 20.3 Å². The van der Waals surface area contributed by atoms with Gasteiger partial charge in [0.15, 0.2) is 0 Å². The van der Waals surface area contributed by atoms with E-state index in [1.807, 2.05) is 0 Å². The summed E-state index contributed by atoms with van der Waals surface area (Å²) in [5.74, 6) is -4.77. The Morgan fingerprint density at radius 3 is 2.35 bits per heavy atom.